The molecule has 312 valence electrons. The van der Waals surface area contributed by atoms with Crippen molar-refractivity contribution in [1.29, 1.82) is 0 Å². The molecule has 0 spiro atoms. The lowest BCUT2D eigenvalue weighted by atomic mass is 10.0. The van der Waals surface area contributed by atoms with Crippen LogP contribution in [0.15, 0.2) is 42.5 Å². The largest absolute Gasteiger partial charge is 0.495 e. The molecular formula is C42H55F4N5O6. The van der Waals surface area contributed by atoms with Gasteiger partial charge in [-0.25, -0.2) is 9.18 Å². The third-order valence-corrected chi connectivity index (χ3v) is 8.93. The number of hydrogen-bond acceptors (Lipinski definition) is 8. The molecule has 0 aliphatic carbocycles. The van der Waals surface area contributed by atoms with Crippen LogP contribution in [-0.4, -0.2) is 97.4 Å². The zero-order chi connectivity index (χ0) is 42.1. The highest BCUT2D eigenvalue weighted by molar-refractivity contribution is 5.97. The van der Waals surface area contributed by atoms with E-state index in [-0.39, 0.29) is 53.2 Å². The summed E-state index contributed by atoms with van der Waals surface area (Å²) in [7, 11) is 3.21. The van der Waals surface area contributed by atoms with E-state index in [2.05, 4.69) is 22.5 Å². The molecule has 3 aromatic rings. The number of carbonyl (C=O) groups is 3. The molecule has 1 saturated heterocycles. The van der Waals surface area contributed by atoms with Gasteiger partial charge in [-0.15, -0.1) is 0 Å². The number of aromatic nitrogens is 1. The van der Waals surface area contributed by atoms with Crippen LogP contribution in [0.1, 0.15) is 89.7 Å². The van der Waals surface area contributed by atoms with Gasteiger partial charge >= 0.3 is 18.2 Å². The van der Waals surface area contributed by atoms with Crippen molar-refractivity contribution in [3.63, 3.8) is 0 Å². The van der Waals surface area contributed by atoms with Crippen molar-refractivity contribution < 1.29 is 46.2 Å². The third-order valence-electron chi connectivity index (χ3n) is 8.93. The molecule has 1 aromatic heterocycles. The van der Waals surface area contributed by atoms with Gasteiger partial charge in [-0.05, 0) is 110 Å². The van der Waals surface area contributed by atoms with Crippen LogP contribution in [0.25, 0.3) is 10.9 Å². The van der Waals surface area contributed by atoms with Crippen LogP contribution < -0.4 is 20.3 Å². The summed E-state index contributed by atoms with van der Waals surface area (Å²) < 4.78 is 74.3. The lowest BCUT2D eigenvalue weighted by Crippen LogP contribution is -2.46. The van der Waals surface area contributed by atoms with Gasteiger partial charge in [0.05, 0.1) is 36.6 Å². The van der Waals surface area contributed by atoms with E-state index in [0.717, 1.165) is 4.57 Å². The summed E-state index contributed by atoms with van der Waals surface area (Å²) in [6, 6.07) is 10.4. The highest BCUT2D eigenvalue weighted by Gasteiger charge is 2.32. The third kappa shape index (κ3) is 13.6. The van der Waals surface area contributed by atoms with Gasteiger partial charge < -0.3 is 34.3 Å². The molecular weight excluding hydrogens is 746 g/mol. The summed E-state index contributed by atoms with van der Waals surface area (Å²) in [6.45, 7) is 10.2. The number of nitrogens with one attached hydrogen (secondary N) is 2. The Labute approximate surface area is 332 Å². The van der Waals surface area contributed by atoms with Gasteiger partial charge in [-0.1, -0.05) is 18.4 Å². The van der Waals surface area contributed by atoms with Crippen molar-refractivity contribution in [3.8, 4) is 17.6 Å². The predicted octanol–water partition coefficient (Wildman–Crippen LogP) is 8.09. The first-order valence-corrected chi connectivity index (χ1v) is 19.1. The van der Waals surface area contributed by atoms with Crippen LogP contribution in [0.4, 0.5) is 33.7 Å². The molecule has 2 N–H and O–H groups in total. The number of hydrogen-bond donors (Lipinski definition) is 2. The number of carbonyl (C=O) groups excluding carboxylic acids is 3. The Morgan fingerprint density at radius 3 is 2.33 bits per heavy atom. The van der Waals surface area contributed by atoms with Gasteiger partial charge in [0.15, 0.2) is 0 Å². The van der Waals surface area contributed by atoms with E-state index in [9.17, 15) is 31.9 Å². The molecule has 4 rings (SSSR count). The molecule has 11 nitrogen and oxygen atoms in total. The Hall–Kier alpha value is -4.97. The number of fused-ring (bicyclic) bond motifs is 1. The first kappa shape index (κ1) is 44.7. The number of halogens is 4. The Morgan fingerprint density at radius 1 is 0.965 bits per heavy atom. The number of likely N-dealkylation sites (tertiary alicyclic amines) is 1. The van der Waals surface area contributed by atoms with E-state index in [1.807, 2.05) is 32.7 Å². The van der Waals surface area contributed by atoms with E-state index in [1.54, 1.807) is 39.0 Å². The smallest absolute Gasteiger partial charge is 0.415 e. The van der Waals surface area contributed by atoms with Crippen LogP contribution in [-0.2, 0) is 20.8 Å². The molecule has 57 heavy (non-hydrogen) atoms. The fourth-order valence-corrected chi connectivity index (χ4v) is 6.37. The zero-order valence-corrected chi connectivity index (χ0v) is 34.1. The minimum atomic E-state index is -4.57. The van der Waals surface area contributed by atoms with Gasteiger partial charge in [0.2, 0.25) is 0 Å². The lowest BCUT2D eigenvalue weighted by molar-refractivity contribution is -0.155. The second-order valence-electron chi connectivity index (χ2n) is 16.2. The highest BCUT2D eigenvalue weighted by Crippen LogP contribution is 2.33. The molecule has 15 heteroatoms. The summed E-state index contributed by atoms with van der Waals surface area (Å²) in [5, 5.41) is 6.52. The van der Waals surface area contributed by atoms with E-state index >= 15 is 0 Å². The monoisotopic (exact) mass is 801 g/mol. The summed E-state index contributed by atoms with van der Waals surface area (Å²) in [6.07, 6.45) is -3.74. The number of nitrogens with zero attached hydrogens (tertiary/aromatic N) is 3. The topological polar surface area (TPSA) is 114 Å². The zero-order valence-electron chi connectivity index (χ0n) is 34.1. The first-order chi connectivity index (χ1) is 26.6. The van der Waals surface area contributed by atoms with Crippen LogP contribution in [0.3, 0.4) is 0 Å². The van der Waals surface area contributed by atoms with Gasteiger partial charge in [0, 0.05) is 42.7 Å². The molecule has 2 aromatic carbocycles. The van der Waals surface area contributed by atoms with E-state index in [4.69, 9.17) is 14.2 Å². The molecule has 1 fully saturated rings. The van der Waals surface area contributed by atoms with Crippen molar-refractivity contribution >= 4 is 40.2 Å². The van der Waals surface area contributed by atoms with Crippen molar-refractivity contribution in [1.82, 2.24) is 14.8 Å². The minimum Gasteiger partial charge on any atom is -0.495 e. The second kappa shape index (κ2) is 19.0. The number of piperidine rings is 1. The number of alkyl halides is 4. The molecule has 0 saturated carbocycles. The number of esters is 1. The maximum atomic E-state index is 14.9. The Kier molecular flexibility index (Phi) is 14.9. The van der Waals surface area contributed by atoms with Crippen molar-refractivity contribution in [3.05, 3.63) is 53.7 Å². The van der Waals surface area contributed by atoms with Crippen molar-refractivity contribution in [2.45, 2.75) is 110 Å². The number of ether oxygens (including phenoxy) is 3. The number of benzene rings is 2. The lowest BCUT2D eigenvalue weighted by Gasteiger charge is -2.33. The summed E-state index contributed by atoms with van der Waals surface area (Å²) in [4.78, 5) is 41.6. The number of anilines is 2. The van der Waals surface area contributed by atoms with E-state index in [1.165, 1.54) is 36.3 Å². The molecule has 0 radical (unpaired) electrons. The maximum absolute atomic E-state index is 14.9. The molecule has 1 aliphatic rings. The van der Waals surface area contributed by atoms with Gasteiger partial charge in [0.25, 0.3) is 5.91 Å². The molecule has 2 atom stereocenters. The van der Waals surface area contributed by atoms with E-state index in [0.29, 0.717) is 56.3 Å². The summed E-state index contributed by atoms with van der Waals surface area (Å²) >= 11 is 0. The van der Waals surface area contributed by atoms with Crippen molar-refractivity contribution in [2.24, 2.45) is 0 Å². The molecule has 0 bridgehead atoms. The highest BCUT2D eigenvalue weighted by atomic mass is 19.4. The quantitative estimate of drug-likeness (QED) is 0.0772. The Morgan fingerprint density at radius 2 is 1.68 bits per heavy atom. The summed E-state index contributed by atoms with van der Waals surface area (Å²) in [5.74, 6) is 5.21. The minimum absolute atomic E-state index is 0.0460. The van der Waals surface area contributed by atoms with Gasteiger partial charge in [-0.3, -0.25) is 14.5 Å². The second-order valence-corrected chi connectivity index (χ2v) is 16.2. The Bertz CT molecular complexity index is 1940. The SMILES string of the molecule is COc1cc(C(=O)NCCCCCC(=O)OC(C)(C)C)ccc1N(CC#Cc1cc2c(N[C@@H]3CCN(C)C[C@@H]3F)cccc2n1CC(F)(F)F)C(=O)OC(C)(C)C. The van der Waals surface area contributed by atoms with E-state index < -0.39 is 42.2 Å². The number of amides is 2. The van der Waals surface area contributed by atoms with Crippen LogP contribution in [0, 0.1) is 11.8 Å². The molecule has 2 heterocycles. The average Bonchev–Trinajstić information content (AvgIpc) is 3.43. The fraction of sp³-hybridized carbons (Fsp3) is 0.548. The average molecular weight is 802 g/mol. The number of methoxy groups -OCH3 is 1. The van der Waals surface area contributed by atoms with Crippen molar-refractivity contribution in [2.75, 3.05) is 50.6 Å². The molecule has 2 amide bonds. The standard InChI is InChI=1S/C42H55F4N5O6/c1-40(2,3)56-37(52)17-10-9-11-21-47-38(53)28-18-19-35(36(24-28)55-8)50(39(54)57-41(4,5)6)22-13-14-29-25-30-32(48-33-20-23-49(7)26-31(33)43)15-12-16-34(30)51(29)27-42(44,45)46/h12,15-16,18-19,24-25,31,33,48H,9-11,17,20-23,26-27H2,1-8H3,(H,47,53)/t31-,33+/m0/s1. The van der Waals surface area contributed by atoms with Gasteiger partial charge in [-0.2, -0.15) is 13.2 Å². The van der Waals surface area contributed by atoms with Crippen LogP contribution in [0.2, 0.25) is 0 Å². The van der Waals surface area contributed by atoms with Crippen LogP contribution >= 0.6 is 0 Å². The van der Waals surface area contributed by atoms with Gasteiger partial charge in [0.1, 0.15) is 29.7 Å². The fourth-order valence-electron chi connectivity index (χ4n) is 6.37. The predicted molar refractivity (Wildman–Crippen MR) is 213 cm³/mol. The summed E-state index contributed by atoms with van der Waals surface area (Å²) in [5.41, 5.74) is -0.149. The number of rotatable bonds is 13. The Balaban J connectivity index is 1.56. The first-order valence-electron chi connectivity index (χ1n) is 19.1. The molecule has 1 aliphatic heterocycles. The van der Waals surface area contributed by atoms with Crippen LogP contribution in [0.5, 0.6) is 5.75 Å². The normalized spacial score (nSPS) is 16.4. The molecule has 0 unspecified atom stereocenters. The maximum Gasteiger partial charge on any atom is 0.415 e. The number of unbranched alkanes of at least 4 members (excludes halogenated alkanes) is 2.